The fourth-order valence-electron chi connectivity index (χ4n) is 2.19. The van der Waals surface area contributed by atoms with Gasteiger partial charge >= 0.3 is 0 Å². The molecule has 84 valence electrons. The molecule has 1 aliphatic rings. The van der Waals surface area contributed by atoms with Gasteiger partial charge < -0.3 is 5.32 Å². The van der Waals surface area contributed by atoms with E-state index in [0.29, 0.717) is 5.41 Å². The van der Waals surface area contributed by atoms with Gasteiger partial charge in [-0.25, -0.2) is 0 Å². The van der Waals surface area contributed by atoms with E-state index in [0.717, 1.165) is 17.8 Å². The Hall–Kier alpha value is -0.0400. The minimum absolute atomic E-state index is 0.536. The molecule has 0 bridgehead atoms. The summed E-state index contributed by atoms with van der Waals surface area (Å²) in [6.45, 7) is 14.1. The first-order chi connectivity index (χ1) is 6.39. The van der Waals surface area contributed by atoms with Crippen LogP contribution in [0, 0.1) is 23.2 Å². The van der Waals surface area contributed by atoms with Crippen LogP contribution < -0.4 is 5.32 Å². The lowest BCUT2D eigenvalue weighted by molar-refractivity contribution is 0.0754. The van der Waals surface area contributed by atoms with Crippen LogP contribution in [0.5, 0.6) is 0 Å². The fraction of sp³-hybridized carbons (Fsp3) is 1.00. The van der Waals surface area contributed by atoms with Gasteiger partial charge in [0.25, 0.3) is 0 Å². The number of rotatable bonds is 4. The second-order valence-electron chi connectivity index (χ2n) is 6.45. The Balaban J connectivity index is 2.05. The van der Waals surface area contributed by atoms with Crippen molar-refractivity contribution in [1.82, 2.24) is 5.32 Å². The molecule has 1 heteroatoms. The lowest BCUT2D eigenvalue weighted by Gasteiger charge is -2.44. The van der Waals surface area contributed by atoms with Crippen molar-refractivity contribution in [3.05, 3.63) is 0 Å². The summed E-state index contributed by atoms with van der Waals surface area (Å²) >= 11 is 0. The fourth-order valence-corrected chi connectivity index (χ4v) is 2.19. The van der Waals surface area contributed by atoms with E-state index in [1.807, 2.05) is 0 Å². The molecule has 0 aliphatic heterocycles. The van der Waals surface area contributed by atoms with Crippen molar-refractivity contribution in [3.63, 3.8) is 0 Å². The molecule has 0 aromatic carbocycles. The van der Waals surface area contributed by atoms with E-state index in [9.17, 15) is 0 Å². The monoisotopic (exact) mass is 197 g/mol. The van der Waals surface area contributed by atoms with Crippen molar-refractivity contribution >= 4 is 0 Å². The van der Waals surface area contributed by atoms with Crippen LogP contribution in [0.25, 0.3) is 0 Å². The quantitative estimate of drug-likeness (QED) is 0.729. The van der Waals surface area contributed by atoms with Gasteiger partial charge in [0.1, 0.15) is 0 Å². The molecular weight excluding hydrogens is 170 g/mol. The smallest absolute Gasteiger partial charge is 0.00202 e. The van der Waals surface area contributed by atoms with Gasteiger partial charge in [0.2, 0.25) is 0 Å². The third-order valence-corrected chi connectivity index (χ3v) is 3.45. The van der Waals surface area contributed by atoms with Crippen LogP contribution in [-0.2, 0) is 0 Å². The SMILES string of the molecule is CC(C)CNCC1CC(C(C)(C)C)C1. The van der Waals surface area contributed by atoms with Crippen molar-refractivity contribution in [2.45, 2.75) is 47.5 Å². The zero-order valence-electron chi connectivity index (χ0n) is 10.6. The largest absolute Gasteiger partial charge is 0.316 e. The summed E-state index contributed by atoms with van der Waals surface area (Å²) in [5, 5.41) is 3.56. The molecule has 0 spiro atoms. The molecule has 1 saturated carbocycles. The van der Waals surface area contributed by atoms with Crippen LogP contribution in [0.15, 0.2) is 0 Å². The Kier molecular flexibility index (Phi) is 4.00. The van der Waals surface area contributed by atoms with Gasteiger partial charge in [-0.2, -0.15) is 0 Å². The second-order valence-corrected chi connectivity index (χ2v) is 6.45. The minimum Gasteiger partial charge on any atom is -0.316 e. The van der Waals surface area contributed by atoms with E-state index in [4.69, 9.17) is 0 Å². The summed E-state index contributed by atoms with van der Waals surface area (Å²) in [6.07, 6.45) is 2.88. The van der Waals surface area contributed by atoms with E-state index in [-0.39, 0.29) is 0 Å². The molecule has 0 saturated heterocycles. The van der Waals surface area contributed by atoms with Crippen molar-refractivity contribution in [3.8, 4) is 0 Å². The van der Waals surface area contributed by atoms with Crippen LogP contribution in [-0.4, -0.2) is 13.1 Å². The average Bonchev–Trinajstić information content (AvgIpc) is 1.90. The molecule has 1 aliphatic carbocycles. The predicted molar refractivity (Wildman–Crippen MR) is 63.4 cm³/mol. The number of hydrogen-bond donors (Lipinski definition) is 1. The first kappa shape index (κ1) is 12.0. The van der Waals surface area contributed by atoms with Crippen molar-refractivity contribution in [1.29, 1.82) is 0 Å². The first-order valence-electron chi connectivity index (χ1n) is 6.10. The Morgan fingerprint density at radius 1 is 1.21 bits per heavy atom. The molecular formula is C13H27N. The Morgan fingerprint density at radius 2 is 1.79 bits per heavy atom. The first-order valence-corrected chi connectivity index (χ1v) is 6.10. The topological polar surface area (TPSA) is 12.0 Å². The van der Waals surface area contributed by atoms with Gasteiger partial charge in [-0.15, -0.1) is 0 Å². The molecule has 1 rings (SSSR count). The van der Waals surface area contributed by atoms with E-state index in [1.54, 1.807) is 0 Å². The van der Waals surface area contributed by atoms with Crippen LogP contribution in [0.3, 0.4) is 0 Å². The van der Waals surface area contributed by atoms with Crippen LogP contribution >= 0.6 is 0 Å². The molecule has 0 heterocycles. The lowest BCUT2D eigenvalue weighted by Crippen LogP contribution is -2.39. The van der Waals surface area contributed by atoms with Crippen molar-refractivity contribution in [2.75, 3.05) is 13.1 Å². The van der Waals surface area contributed by atoms with Crippen molar-refractivity contribution in [2.24, 2.45) is 23.2 Å². The average molecular weight is 197 g/mol. The normalized spacial score (nSPS) is 27.9. The lowest BCUT2D eigenvalue weighted by atomic mass is 9.63. The van der Waals surface area contributed by atoms with Gasteiger partial charge in [-0.05, 0) is 49.1 Å². The van der Waals surface area contributed by atoms with Crippen LogP contribution in [0.4, 0.5) is 0 Å². The van der Waals surface area contributed by atoms with Gasteiger partial charge in [0.15, 0.2) is 0 Å². The van der Waals surface area contributed by atoms with E-state index in [2.05, 4.69) is 39.9 Å². The van der Waals surface area contributed by atoms with Crippen LogP contribution in [0.2, 0.25) is 0 Å². The van der Waals surface area contributed by atoms with E-state index >= 15 is 0 Å². The maximum atomic E-state index is 3.56. The molecule has 0 aromatic rings. The minimum atomic E-state index is 0.536. The summed E-state index contributed by atoms with van der Waals surface area (Å²) in [5.74, 6) is 2.71. The van der Waals surface area contributed by atoms with Gasteiger partial charge in [-0.1, -0.05) is 34.6 Å². The summed E-state index contributed by atoms with van der Waals surface area (Å²) in [6, 6.07) is 0. The summed E-state index contributed by atoms with van der Waals surface area (Å²) in [7, 11) is 0. The molecule has 1 N–H and O–H groups in total. The third kappa shape index (κ3) is 3.61. The number of hydrogen-bond acceptors (Lipinski definition) is 1. The third-order valence-electron chi connectivity index (χ3n) is 3.45. The molecule has 1 fully saturated rings. The van der Waals surface area contributed by atoms with E-state index in [1.165, 1.54) is 25.9 Å². The maximum Gasteiger partial charge on any atom is -0.00202 e. The zero-order chi connectivity index (χ0) is 10.8. The summed E-state index contributed by atoms with van der Waals surface area (Å²) < 4.78 is 0. The predicted octanol–water partition coefficient (Wildman–Crippen LogP) is 3.30. The number of nitrogens with one attached hydrogen (secondary N) is 1. The van der Waals surface area contributed by atoms with Gasteiger partial charge in [0.05, 0.1) is 0 Å². The Morgan fingerprint density at radius 3 is 2.21 bits per heavy atom. The van der Waals surface area contributed by atoms with Crippen LogP contribution in [0.1, 0.15) is 47.5 Å². The zero-order valence-corrected chi connectivity index (χ0v) is 10.6. The Bertz CT molecular complexity index is 161. The maximum absolute atomic E-state index is 3.56. The molecule has 0 amide bonds. The second kappa shape index (κ2) is 4.65. The van der Waals surface area contributed by atoms with Gasteiger partial charge in [-0.3, -0.25) is 0 Å². The highest BCUT2D eigenvalue weighted by atomic mass is 14.9. The molecule has 0 unspecified atom stereocenters. The standard InChI is InChI=1S/C13H27N/c1-10(2)8-14-9-11-6-12(7-11)13(3,4)5/h10-12,14H,6-9H2,1-5H3. The molecule has 14 heavy (non-hydrogen) atoms. The highest BCUT2D eigenvalue weighted by Gasteiger charge is 2.36. The van der Waals surface area contributed by atoms with Gasteiger partial charge in [0, 0.05) is 0 Å². The summed E-state index contributed by atoms with van der Waals surface area (Å²) in [5.41, 5.74) is 0.536. The highest BCUT2D eigenvalue weighted by Crippen LogP contribution is 2.44. The highest BCUT2D eigenvalue weighted by molar-refractivity contribution is 4.87. The molecule has 0 radical (unpaired) electrons. The van der Waals surface area contributed by atoms with Crippen molar-refractivity contribution < 1.29 is 0 Å². The van der Waals surface area contributed by atoms with E-state index < -0.39 is 0 Å². The molecule has 0 atom stereocenters. The molecule has 0 aromatic heterocycles. The molecule has 1 nitrogen and oxygen atoms in total. The Labute approximate surface area is 89.7 Å². The summed E-state index contributed by atoms with van der Waals surface area (Å²) in [4.78, 5) is 0.